The summed E-state index contributed by atoms with van der Waals surface area (Å²) in [5.41, 5.74) is 1.95. The summed E-state index contributed by atoms with van der Waals surface area (Å²) in [5, 5.41) is 19.8. The van der Waals surface area contributed by atoms with E-state index in [9.17, 15) is 9.90 Å². The number of carbonyl (C=O) groups is 1. The van der Waals surface area contributed by atoms with Crippen molar-refractivity contribution >= 4 is 51.4 Å². The van der Waals surface area contributed by atoms with Crippen LogP contribution < -0.4 is 0 Å². The molecule has 0 aliphatic heterocycles. The second kappa shape index (κ2) is 9.29. The summed E-state index contributed by atoms with van der Waals surface area (Å²) < 4.78 is 0. The van der Waals surface area contributed by atoms with Crippen LogP contribution >= 0.6 is 23.2 Å². The maximum Gasteiger partial charge on any atom is 0.253 e. The molecule has 0 saturated carbocycles. The molecule has 3 rings (SSSR count). The van der Waals surface area contributed by atoms with Crippen molar-refractivity contribution in [3.05, 3.63) is 52.0 Å². The number of nitrogens with one attached hydrogen (secondary N) is 1. The van der Waals surface area contributed by atoms with E-state index in [0.717, 1.165) is 19.4 Å². The van der Waals surface area contributed by atoms with E-state index >= 15 is 0 Å². The van der Waals surface area contributed by atoms with Gasteiger partial charge in [-0.25, -0.2) is 0 Å². The first-order valence-electron chi connectivity index (χ1n) is 9.45. The minimum atomic E-state index is -0.144. The monoisotopic (exact) mass is 432 g/mol. The van der Waals surface area contributed by atoms with E-state index in [4.69, 9.17) is 23.2 Å². The van der Waals surface area contributed by atoms with Crippen molar-refractivity contribution < 1.29 is 9.90 Å². The van der Waals surface area contributed by atoms with Crippen LogP contribution in [0.15, 0.2) is 46.6 Å². The Labute approximate surface area is 179 Å². The van der Waals surface area contributed by atoms with Crippen LogP contribution in [0.1, 0.15) is 37.0 Å². The zero-order valence-electron chi connectivity index (χ0n) is 16.2. The van der Waals surface area contributed by atoms with Gasteiger partial charge < -0.3 is 15.0 Å². The predicted molar refractivity (Wildman–Crippen MR) is 117 cm³/mol. The molecule has 0 atom stereocenters. The van der Waals surface area contributed by atoms with Crippen LogP contribution in [0.4, 0.5) is 11.4 Å². The molecular weight excluding hydrogens is 411 g/mol. The molecule has 3 aromatic rings. The third-order valence-electron chi connectivity index (χ3n) is 4.61. The normalized spacial score (nSPS) is 11.4. The number of halogens is 2. The number of amides is 1. The van der Waals surface area contributed by atoms with Gasteiger partial charge in [0.1, 0.15) is 0 Å². The number of benzene rings is 2. The number of azo groups is 1. The number of aromatic nitrogens is 1. The number of hydrogen-bond acceptors (Lipinski definition) is 4. The molecule has 1 heterocycles. The minimum absolute atomic E-state index is 0.00277. The Bertz CT molecular complexity index is 1050. The van der Waals surface area contributed by atoms with Crippen molar-refractivity contribution in [3.8, 4) is 5.88 Å². The lowest BCUT2D eigenvalue weighted by molar-refractivity contribution is 0.0762. The van der Waals surface area contributed by atoms with Crippen LogP contribution in [0.25, 0.3) is 10.9 Å². The summed E-state index contributed by atoms with van der Waals surface area (Å²) in [6, 6.07) is 10.1. The Hall–Kier alpha value is -2.57. The standard InChI is InChI=1S/C21H22Cl2N4O2/c1-3-5-10-27(4-2)21(29)13-6-8-15(9-7-13)25-26-19-16-11-14(22)12-17(23)18(16)24-20(19)28/h6-9,11-12,24,28H,3-5,10H2,1-2H3. The Balaban J connectivity index is 1.81. The van der Waals surface area contributed by atoms with Gasteiger partial charge in [-0.05, 0) is 49.7 Å². The zero-order valence-corrected chi connectivity index (χ0v) is 17.8. The number of aromatic amines is 1. The number of rotatable bonds is 7. The summed E-state index contributed by atoms with van der Waals surface area (Å²) in [4.78, 5) is 17.2. The van der Waals surface area contributed by atoms with Crippen LogP contribution in [-0.2, 0) is 0 Å². The molecule has 0 unspecified atom stereocenters. The van der Waals surface area contributed by atoms with Gasteiger partial charge >= 0.3 is 0 Å². The van der Waals surface area contributed by atoms with Crippen LogP contribution in [0.2, 0.25) is 10.0 Å². The molecule has 0 aliphatic rings. The maximum atomic E-state index is 12.6. The number of aromatic hydroxyl groups is 1. The number of fused-ring (bicyclic) bond motifs is 1. The molecule has 0 saturated heterocycles. The Morgan fingerprint density at radius 3 is 2.52 bits per heavy atom. The molecule has 29 heavy (non-hydrogen) atoms. The fraction of sp³-hybridized carbons (Fsp3) is 0.286. The van der Waals surface area contributed by atoms with Gasteiger partial charge in [-0.3, -0.25) is 4.79 Å². The summed E-state index contributed by atoms with van der Waals surface area (Å²) in [7, 11) is 0. The summed E-state index contributed by atoms with van der Waals surface area (Å²) in [6.07, 6.45) is 2.02. The van der Waals surface area contributed by atoms with Crippen LogP contribution in [0.5, 0.6) is 5.88 Å². The van der Waals surface area contributed by atoms with Gasteiger partial charge in [-0.1, -0.05) is 36.5 Å². The number of H-pyrrole nitrogens is 1. The molecule has 0 spiro atoms. The van der Waals surface area contributed by atoms with Crippen molar-refractivity contribution in [2.24, 2.45) is 10.2 Å². The second-order valence-electron chi connectivity index (χ2n) is 6.62. The molecule has 0 aliphatic carbocycles. The topological polar surface area (TPSA) is 81.1 Å². The fourth-order valence-corrected chi connectivity index (χ4v) is 3.55. The molecule has 1 aromatic heterocycles. The number of unbranched alkanes of at least 4 members (excludes halogenated alkanes) is 1. The van der Waals surface area contributed by atoms with E-state index in [1.807, 2.05) is 11.8 Å². The molecule has 0 bridgehead atoms. The molecule has 2 N–H and O–H groups in total. The molecular formula is C21H22Cl2N4O2. The lowest BCUT2D eigenvalue weighted by Gasteiger charge is -2.20. The second-order valence-corrected chi connectivity index (χ2v) is 7.46. The quantitative estimate of drug-likeness (QED) is 0.399. The highest BCUT2D eigenvalue weighted by atomic mass is 35.5. The van der Waals surface area contributed by atoms with Gasteiger partial charge in [0.05, 0.1) is 16.2 Å². The van der Waals surface area contributed by atoms with Gasteiger partial charge in [-0.15, -0.1) is 5.11 Å². The van der Waals surface area contributed by atoms with E-state index in [2.05, 4.69) is 22.1 Å². The van der Waals surface area contributed by atoms with Crippen LogP contribution in [-0.4, -0.2) is 34.0 Å². The van der Waals surface area contributed by atoms with Gasteiger partial charge in [0, 0.05) is 29.1 Å². The highest BCUT2D eigenvalue weighted by molar-refractivity contribution is 6.38. The summed E-state index contributed by atoms with van der Waals surface area (Å²) in [5.74, 6) is -0.141. The van der Waals surface area contributed by atoms with Gasteiger partial charge in [0.15, 0.2) is 5.69 Å². The number of carbonyl (C=O) groups excluding carboxylic acids is 1. The van der Waals surface area contributed by atoms with Crippen molar-refractivity contribution in [1.82, 2.24) is 9.88 Å². The average molecular weight is 433 g/mol. The minimum Gasteiger partial charge on any atom is -0.493 e. The molecule has 0 radical (unpaired) electrons. The molecule has 152 valence electrons. The van der Waals surface area contributed by atoms with E-state index in [0.29, 0.717) is 38.7 Å². The Kier molecular flexibility index (Phi) is 6.77. The first kappa shape index (κ1) is 21.1. The summed E-state index contributed by atoms with van der Waals surface area (Å²) in [6.45, 7) is 5.50. The van der Waals surface area contributed by atoms with E-state index in [1.54, 1.807) is 36.4 Å². The Morgan fingerprint density at radius 1 is 1.14 bits per heavy atom. The third-order valence-corrected chi connectivity index (χ3v) is 5.12. The fourth-order valence-electron chi connectivity index (χ4n) is 3.01. The van der Waals surface area contributed by atoms with Crippen molar-refractivity contribution in [2.45, 2.75) is 26.7 Å². The highest BCUT2D eigenvalue weighted by Gasteiger charge is 2.15. The summed E-state index contributed by atoms with van der Waals surface area (Å²) >= 11 is 12.2. The molecule has 8 heteroatoms. The van der Waals surface area contributed by atoms with Gasteiger partial charge in [0.2, 0.25) is 5.88 Å². The van der Waals surface area contributed by atoms with E-state index in [1.165, 1.54) is 0 Å². The molecule has 2 aromatic carbocycles. The van der Waals surface area contributed by atoms with Gasteiger partial charge in [0.25, 0.3) is 5.91 Å². The van der Waals surface area contributed by atoms with E-state index < -0.39 is 0 Å². The molecule has 0 fully saturated rings. The lowest BCUT2D eigenvalue weighted by Crippen LogP contribution is -2.31. The first-order valence-corrected chi connectivity index (χ1v) is 10.2. The van der Waals surface area contributed by atoms with Crippen molar-refractivity contribution in [1.29, 1.82) is 0 Å². The number of nitrogens with zero attached hydrogens (tertiary/aromatic N) is 3. The smallest absolute Gasteiger partial charge is 0.253 e. The van der Waals surface area contributed by atoms with E-state index in [-0.39, 0.29) is 17.5 Å². The van der Waals surface area contributed by atoms with Gasteiger partial charge in [-0.2, -0.15) is 5.11 Å². The average Bonchev–Trinajstić information content (AvgIpc) is 3.02. The van der Waals surface area contributed by atoms with Crippen molar-refractivity contribution in [3.63, 3.8) is 0 Å². The third kappa shape index (κ3) is 4.71. The Morgan fingerprint density at radius 2 is 1.86 bits per heavy atom. The lowest BCUT2D eigenvalue weighted by atomic mass is 10.1. The van der Waals surface area contributed by atoms with Crippen LogP contribution in [0, 0.1) is 0 Å². The van der Waals surface area contributed by atoms with Crippen molar-refractivity contribution in [2.75, 3.05) is 13.1 Å². The van der Waals surface area contributed by atoms with Crippen LogP contribution in [0.3, 0.4) is 0 Å². The number of hydrogen-bond donors (Lipinski definition) is 2. The zero-order chi connectivity index (χ0) is 21.0. The highest BCUT2D eigenvalue weighted by Crippen LogP contribution is 2.40. The molecule has 6 nitrogen and oxygen atoms in total. The predicted octanol–water partition coefficient (Wildman–Crippen LogP) is 6.86. The first-order chi connectivity index (χ1) is 13.9. The molecule has 1 amide bonds. The SMILES string of the molecule is CCCCN(CC)C(=O)c1ccc(N=Nc2c(O)[nH]c3c(Cl)cc(Cl)cc23)cc1. The maximum absolute atomic E-state index is 12.6. The largest absolute Gasteiger partial charge is 0.493 e.